The molecule has 0 bridgehead atoms. The molecular weight excluding hydrogens is 302 g/mol. The number of aryl methyl sites for hydroxylation is 1. The summed E-state index contributed by atoms with van der Waals surface area (Å²) in [5, 5.41) is 3.68. The van der Waals surface area contributed by atoms with Crippen molar-refractivity contribution in [2.75, 3.05) is 0 Å². The van der Waals surface area contributed by atoms with Crippen LogP contribution in [0.1, 0.15) is 48.1 Å². The van der Waals surface area contributed by atoms with Crippen LogP contribution in [0.2, 0.25) is 0 Å². The Kier molecular flexibility index (Phi) is 3.50. The van der Waals surface area contributed by atoms with E-state index in [2.05, 4.69) is 52.4 Å². The van der Waals surface area contributed by atoms with Gasteiger partial charge in [-0.1, -0.05) is 28.1 Å². The van der Waals surface area contributed by atoms with Crippen molar-refractivity contribution in [2.24, 2.45) is 0 Å². The Balaban J connectivity index is 1.78. The molecule has 0 spiro atoms. The van der Waals surface area contributed by atoms with Gasteiger partial charge in [0.05, 0.1) is 6.04 Å². The van der Waals surface area contributed by atoms with E-state index in [-0.39, 0.29) is 6.04 Å². The van der Waals surface area contributed by atoms with E-state index in [4.69, 9.17) is 4.42 Å². The van der Waals surface area contributed by atoms with E-state index in [0.717, 1.165) is 24.4 Å². The average Bonchev–Trinajstić information content (AvgIpc) is 2.98. The van der Waals surface area contributed by atoms with Crippen molar-refractivity contribution >= 4 is 15.9 Å². The molecule has 2 nitrogen and oxygen atoms in total. The summed E-state index contributed by atoms with van der Waals surface area (Å²) in [7, 11) is 0. The van der Waals surface area contributed by atoms with Gasteiger partial charge in [0.25, 0.3) is 0 Å². The Morgan fingerprint density at radius 3 is 2.89 bits per heavy atom. The third kappa shape index (κ3) is 2.49. The summed E-state index contributed by atoms with van der Waals surface area (Å²) >= 11 is 3.64. The van der Waals surface area contributed by atoms with Crippen molar-refractivity contribution in [3.05, 3.63) is 57.5 Å². The molecule has 100 valence electrons. The SMILES string of the molecule is Cc1ccc(C(C)NC2CCc3c(Br)cccc32)o1. The Labute approximate surface area is 122 Å². The van der Waals surface area contributed by atoms with E-state index in [1.54, 1.807) is 0 Å². The Bertz CT molecular complexity index is 590. The van der Waals surface area contributed by atoms with Crippen molar-refractivity contribution in [2.45, 2.75) is 38.8 Å². The smallest absolute Gasteiger partial charge is 0.120 e. The fraction of sp³-hybridized carbons (Fsp3) is 0.375. The zero-order chi connectivity index (χ0) is 13.4. The molecule has 2 atom stereocenters. The molecule has 2 unspecified atom stereocenters. The maximum absolute atomic E-state index is 5.70. The Hall–Kier alpha value is -1.06. The van der Waals surface area contributed by atoms with Gasteiger partial charge in [-0.3, -0.25) is 0 Å². The van der Waals surface area contributed by atoms with Crippen molar-refractivity contribution in [3.63, 3.8) is 0 Å². The molecule has 1 heterocycles. The number of hydrogen-bond donors (Lipinski definition) is 1. The molecule has 1 aromatic carbocycles. The minimum absolute atomic E-state index is 0.239. The van der Waals surface area contributed by atoms with Crippen LogP contribution in [0.15, 0.2) is 39.2 Å². The van der Waals surface area contributed by atoms with E-state index < -0.39 is 0 Å². The van der Waals surface area contributed by atoms with Crippen LogP contribution in [0, 0.1) is 6.92 Å². The number of furan rings is 1. The molecule has 1 N–H and O–H groups in total. The van der Waals surface area contributed by atoms with Crippen LogP contribution in [0.3, 0.4) is 0 Å². The molecule has 0 saturated carbocycles. The Morgan fingerprint density at radius 2 is 2.16 bits per heavy atom. The van der Waals surface area contributed by atoms with Gasteiger partial charge < -0.3 is 9.73 Å². The van der Waals surface area contributed by atoms with E-state index in [1.807, 2.05) is 13.0 Å². The molecule has 3 rings (SSSR count). The summed E-state index contributed by atoms with van der Waals surface area (Å²) in [5.41, 5.74) is 2.87. The van der Waals surface area contributed by atoms with Gasteiger partial charge in [-0.25, -0.2) is 0 Å². The molecule has 1 aromatic heterocycles. The number of rotatable bonds is 3. The molecule has 3 heteroatoms. The second-order valence-electron chi connectivity index (χ2n) is 5.24. The van der Waals surface area contributed by atoms with Crippen molar-refractivity contribution in [1.29, 1.82) is 0 Å². The van der Waals surface area contributed by atoms with E-state index >= 15 is 0 Å². The molecule has 19 heavy (non-hydrogen) atoms. The summed E-state index contributed by atoms with van der Waals surface area (Å²) in [6.45, 7) is 4.15. The Morgan fingerprint density at radius 1 is 1.32 bits per heavy atom. The van der Waals surface area contributed by atoms with Gasteiger partial charge in [0.2, 0.25) is 0 Å². The highest BCUT2D eigenvalue weighted by Crippen LogP contribution is 2.36. The van der Waals surface area contributed by atoms with Gasteiger partial charge in [-0.2, -0.15) is 0 Å². The fourth-order valence-electron chi connectivity index (χ4n) is 2.85. The van der Waals surface area contributed by atoms with Crippen molar-refractivity contribution in [3.8, 4) is 0 Å². The highest BCUT2D eigenvalue weighted by molar-refractivity contribution is 9.10. The zero-order valence-electron chi connectivity index (χ0n) is 11.2. The lowest BCUT2D eigenvalue weighted by Crippen LogP contribution is -2.22. The maximum Gasteiger partial charge on any atom is 0.120 e. The lowest BCUT2D eigenvalue weighted by Gasteiger charge is -2.19. The lowest BCUT2D eigenvalue weighted by atomic mass is 10.1. The van der Waals surface area contributed by atoms with Gasteiger partial charge in [0.15, 0.2) is 0 Å². The van der Waals surface area contributed by atoms with Gasteiger partial charge in [0, 0.05) is 10.5 Å². The molecule has 0 saturated heterocycles. The monoisotopic (exact) mass is 319 g/mol. The lowest BCUT2D eigenvalue weighted by molar-refractivity contribution is 0.382. The van der Waals surface area contributed by atoms with Gasteiger partial charge >= 0.3 is 0 Å². The number of fused-ring (bicyclic) bond motifs is 1. The van der Waals surface area contributed by atoms with E-state index in [1.165, 1.54) is 15.6 Å². The van der Waals surface area contributed by atoms with Crippen molar-refractivity contribution in [1.82, 2.24) is 5.32 Å². The molecule has 1 aliphatic carbocycles. The van der Waals surface area contributed by atoms with E-state index in [0.29, 0.717) is 6.04 Å². The number of benzene rings is 1. The summed E-state index contributed by atoms with van der Waals surface area (Å²) < 4.78 is 6.93. The maximum atomic E-state index is 5.70. The number of nitrogens with one attached hydrogen (secondary N) is 1. The zero-order valence-corrected chi connectivity index (χ0v) is 12.8. The second-order valence-corrected chi connectivity index (χ2v) is 6.09. The molecule has 0 aliphatic heterocycles. The van der Waals surface area contributed by atoms with Crippen LogP contribution in [-0.2, 0) is 6.42 Å². The summed E-state index contributed by atoms with van der Waals surface area (Å²) in [6.07, 6.45) is 2.29. The topological polar surface area (TPSA) is 25.2 Å². The second kappa shape index (κ2) is 5.14. The number of halogens is 1. The number of hydrogen-bond acceptors (Lipinski definition) is 2. The quantitative estimate of drug-likeness (QED) is 0.887. The third-order valence-electron chi connectivity index (χ3n) is 3.85. The molecule has 0 fully saturated rings. The van der Waals surface area contributed by atoms with Crippen LogP contribution >= 0.6 is 15.9 Å². The molecule has 2 aromatic rings. The first-order valence-electron chi connectivity index (χ1n) is 6.75. The van der Waals surface area contributed by atoms with Crippen molar-refractivity contribution < 1.29 is 4.42 Å². The predicted molar refractivity (Wildman–Crippen MR) is 80.2 cm³/mol. The summed E-state index contributed by atoms with van der Waals surface area (Å²) in [4.78, 5) is 0. The van der Waals surface area contributed by atoms with Crippen LogP contribution in [0.4, 0.5) is 0 Å². The first kappa shape index (κ1) is 12.9. The van der Waals surface area contributed by atoms with E-state index in [9.17, 15) is 0 Å². The van der Waals surface area contributed by atoms with Gasteiger partial charge in [0.1, 0.15) is 11.5 Å². The first-order chi connectivity index (χ1) is 9.15. The minimum atomic E-state index is 0.239. The average molecular weight is 320 g/mol. The normalized spacial score (nSPS) is 19.4. The predicted octanol–water partition coefficient (Wildman–Crippen LogP) is 4.69. The first-order valence-corrected chi connectivity index (χ1v) is 7.54. The highest BCUT2D eigenvalue weighted by atomic mass is 79.9. The molecule has 0 radical (unpaired) electrons. The summed E-state index contributed by atoms with van der Waals surface area (Å²) in [5.74, 6) is 1.99. The van der Waals surface area contributed by atoms with Gasteiger partial charge in [-0.05, 0) is 56.0 Å². The third-order valence-corrected chi connectivity index (χ3v) is 4.60. The fourth-order valence-corrected chi connectivity index (χ4v) is 3.43. The van der Waals surface area contributed by atoms with Crippen LogP contribution in [0.25, 0.3) is 0 Å². The van der Waals surface area contributed by atoms with Crippen LogP contribution in [-0.4, -0.2) is 0 Å². The molecule has 0 amide bonds. The molecule has 1 aliphatic rings. The van der Waals surface area contributed by atoms with Crippen LogP contribution < -0.4 is 5.32 Å². The summed E-state index contributed by atoms with van der Waals surface area (Å²) in [6, 6.07) is 11.2. The highest BCUT2D eigenvalue weighted by Gasteiger charge is 2.25. The van der Waals surface area contributed by atoms with Crippen LogP contribution in [0.5, 0.6) is 0 Å². The molecular formula is C16H18BrNO. The van der Waals surface area contributed by atoms with Gasteiger partial charge in [-0.15, -0.1) is 0 Å². The standard InChI is InChI=1S/C16H18BrNO/c1-10-6-9-16(19-10)11(2)18-15-8-7-12-13(15)4-3-5-14(12)17/h3-6,9,11,15,18H,7-8H2,1-2H3. The largest absolute Gasteiger partial charge is 0.465 e. The minimum Gasteiger partial charge on any atom is -0.465 e.